The molecule has 0 atom stereocenters. The molecule has 6 heteroatoms. The predicted molar refractivity (Wildman–Crippen MR) is 33.9 cm³/mol. The Morgan fingerprint density at radius 3 is 2.46 bits per heavy atom. The summed E-state index contributed by atoms with van der Waals surface area (Å²) < 4.78 is 48.6. The number of aromatic nitrogens is 1. The lowest BCUT2D eigenvalue weighted by molar-refractivity contribution is -0.143. The molecule has 0 aromatic carbocycles. The van der Waals surface area contributed by atoms with Gasteiger partial charge in [0, 0.05) is 6.20 Å². The molecule has 2 nitrogen and oxygen atoms in total. The lowest BCUT2D eigenvalue weighted by Gasteiger charge is -2.06. The number of alkyl halides is 3. The fourth-order valence-corrected chi connectivity index (χ4v) is 0.728. The van der Waals surface area contributed by atoms with Crippen molar-refractivity contribution in [3.63, 3.8) is 0 Å². The van der Waals surface area contributed by atoms with Gasteiger partial charge in [0.25, 0.3) is 0 Å². The van der Waals surface area contributed by atoms with E-state index in [2.05, 4.69) is 4.98 Å². The standard InChI is InChI=1S/C7H2F4N2/c8-5-4(3-12)1-2-13-6(5)7(9,10)11/h1-2H. The van der Waals surface area contributed by atoms with E-state index in [0.29, 0.717) is 0 Å². The van der Waals surface area contributed by atoms with Crippen LogP contribution in [0.25, 0.3) is 0 Å². The second kappa shape index (κ2) is 3.01. The quantitative estimate of drug-likeness (QED) is 0.587. The molecule has 0 radical (unpaired) electrons. The molecule has 68 valence electrons. The maximum atomic E-state index is 12.8. The normalized spacial score (nSPS) is 11.0. The SMILES string of the molecule is N#Cc1ccnc(C(F)(F)F)c1F. The van der Waals surface area contributed by atoms with E-state index in [4.69, 9.17) is 5.26 Å². The summed E-state index contributed by atoms with van der Waals surface area (Å²) in [6.07, 6.45) is -4.12. The van der Waals surface area contributed by atoms with Gasteiger partial charge in [-0.15, -0.1) is 0 Å². The molecular weight excluding hydrogens is 188 g/mol. The highest BCUT2D eigenvalue weighted by Gasteiger charge is 2.36. The van der Waals surface area contributed by atoms with Crippen LogP contribution in [0, 0.1) is 17.1 Å². The summed E-state index contributed by atoms with van der Waals surface area (Å²) in [4.78, 5) is 2.81. The minimum absolute atomic E-state index is 0.665. The molecule has 1 aromatic rings. The molecule has 1 heterocycles. The average molecular weight is 190 g/mol. The topological polar surface area (TPSA) is 36.7 Å². The lowest BCUT2D eigenvalue weighted by Crippen LogP contribution is -2.11. The van der Waals surface area contributed by atoms with E-state index in [1.807, 2.05) is 0 Å². The van der Waals surface area contributed by atoms with Crippen molar-refractivity contribution in [2.75, 3.05) is 0 Å². The van der Waals surface area contributed by atoms with E-state index in [1.54, 1.807) is 0 Å². The molecule has 0 saturated carbocycles. The number of hydrogen-bond acceptors (Lipinski definition) is 2. The Morgan fingerprint density at radius 1 is 1.38 bits per heavy atom. The van der Waals surface area contributed by atoms with Crippen LogP contribution in [0.2, 0.25) is 0 Å². The Labute approximate surface area is 70.4 Å². The average Bonchev–Trinajstić information content (AvgIpc) is 2.02. The van der Waals surface area contributed by atoms with Gasteiger partial charge < -0.3 is 0 Å². The van der Waals surface area contributed by atoms with Crippen LogP contribution in [0.15, 0.2) is 12.3 Å². The minimum atomic E-state index is -4.86. The Morgan fingerprint density at radius 2 is 2.00 bits per heavy atom. The van der Waals surface area contributed by atoms with Crippen molar-refractivity contribution in [1.82, 2.24) is 4.98 Å². The number of halogens is 4. The largest absolute Gasteiger partial charge is 0.436 e. The minimum Gasteiger partial charge on any atom is -0.249 e. The zero-order chi connectivity index (χ0) is 10.1. The van der Waals surface area contributed by atoms with Gasteiger partial charge in [-0.25, -0.2) is 9.37 Å². The van der Waals surface area contributed by atoms with Gasteiger partial charge in [-0.2, -0.15) is 18.4 Å². The van der Waals surface area contributed by atoms with E-state index in [1.165, 1.54) is 6.07 Å². The summed E-state index contributed by atoms with van der Waals surface area (Å²) in [5, 5.41) is 8.22. The zero-order valence-corrected chi connectivity index (χ0v) is 6.06. The summed E-state index contributed by atoms with van der Waals surface area (Å²) in [6.45, 7) is 0. The van der Waals surface area contributed by atoms with Gasteiger partial charge in [0.2, 0.25) is 0 Å². The number of pyridine rings is 1. The second-order valence-electron chi connectivity index (χ2n) is 2.13. The molecule has 0 unspecified atom stereocenters. The molecule has 0 aliphatic heterocycles. The first-order chi connectivity index (χ1) is 5.96. The molecule has 0 saturated heterocycles. The molecule has 0 spiro atoms. The van der Waals surface area contributed by atoms with E-state index in [-0.39, 0.29) is 0 Å². The van der Waals surface area contributed by atoms with Crippen molar-refractivity contribution < 1.29 is 17.6 Å². The first-order valence-electron chi connectivity index (χ1n) is 3.08. The van der Waals surface area contributed by atoms with Crippen LogP contribution >= 0.6 is 0 Å². The number of nitriles is 1. The van der Waals surface area contributed by atoms with Crippen molar-refractivity contribution in [1.29, 1.82) is 5.26 Å². The van der Waals surface area contributed by atoms with Crippen molar-refractivity contribution in [3.8, 4) is 6.07 Å². The van der Waals surface area contributed by atoms with Crippen molar-refractivity contribution in [2.24, 2.45) is 0 Å². The summed E-state index contributed by atoms with van der Waals surface area (Å²) in [6, 6.07) is 2.17. The third-order valence-corrected chi connectivity index (χ3v) is 1.28. The van der Waals surface area contributed by atoms with Crippen molar-refractivity contribution in [3.05, 3.63) is 29.3 Å². The first kappa shape index (κ1) is 9.45. The molecule has 0 amide bonds. The van der Waals surface area contributed by atoms with Crippen molar-refractivity contribution >= 4 is 0 Å². The zero-order valence-electron chi connectivity index (χ0n) is 6.06. The highest BCUT2D eigenvalue weighted by Crippen LogP contribution is 2.30. The number of hydrogen-bond donors (Lipinski definition) is 0. The molecular formula is C7H2F4N2. The van der Waals surface area contributed by atoms with Gasteiger partial charge in [-0.3, -0.25) is 0 Å². The Kier molecular flexibility index (Phi) is 2.19. The molecule has 13 heavy (non-hydrogen) atoms. The number of rotatable bonds is 0. The lowest BCUT2D eigenvalue weighted by atomic mass is 10.2. The smallest absolute Gasteiger partial charge is 0.249 e. The summed E-state index contributed by atoms with van der Waals surface area (Å²) >= 11 is 0. The molecule has 0 bridgehead atoms. The van der Waals surface area contributed by atoms with E-state index in [0.717, 1.165) is 12.3 Å². The Balaban J connectivity index is 3.34. The molecule has 0 fully saturated rings. The van der Waals surface area contributed by atoms with Crippen LogP contribution < -0.4 is 0 Å². The third kappa shape index (κ3) is 1.75. The van der Waals surface area contributed by atoms with Gasteiger partial charge in [0.15, 0.2) is 11.5 Å². The Bertz CT molecular complexity index is 364. The Hall–Kier alpha value is -1.64. The molecule has 0 aliphatic rings. The number of nitrogens with zero attached hydrogens (tertiary/aromatic N) is 2. The van der Waals surface area contributed by atoms with Gasteiger partial charge in [-0.05, 0) is 6.07 Å². The molecule has 1 aromatic heterocycles. The van der Waals surface area contributed by atoms with Crippen LogP contribution in [0.5, 0.6) is 0 Å². The van der Waals surface area contributed by atoms with Gasteiger partial charge in [-0.1, -0.05) is 0 Å². The molecule has 1 rings (SSSR count). The molecule has 0 N–H and O–H groups in total. The van der Waals surface area contributed by atoms with Crippen molar-refractivity contribution in [2.45, 2.75) is 6.18 Å². The highest BCUT2D eigenvalue weighted by molar-refractivity contribution is 5.31. The maximum absolute atomic E-state index is 12.8. The monoisotopic (exact) mass is 190 g/mol. The second-order valence-corrected chi connectivity index (χ2v) is 2.13. The molecule has 0 aliphatic carbocycles. The van der Waals surface area contributed by atoms with Crippen LogP contribution in [-0.2, 0) is 6.18 Å². The van der Waals surface area contributed by atoms with Crippen LogP contribution in [0.1, 0.15) is 11.3 Å². The van der Waals surface area contributed by atoms with Crippen LogP contribution in [0.3, 0.4) is 0 Å². The first-order valence-corrected chi connectivity index (χ1v) is 3.08. The van der Waals surface area contributed by atoms with Gasteiger partial charge >= 0.3 is 6.18 Å². The highest BCUT2D eigenvalue weighted by atomic mass is 19.4. The maximum Gasteiger partial charge on any atom is 0.436 e. The summed E-state index contributed by atoms with van der Waals surface area (Å²) in [5.74, 6) is -1.63. The van der Waals surface area contributed by atoms with E-state index >= 15 is 0 Å². The fraction of sp³-hybridized carbons (Fsp3) is 0.143. The third-order valence-electron chi connectivity index (χ3n) is 1.28. The van der Waals surface area contributed by atoms with E-state index in [9.17, 15) is 17.6 Å². The summed E-state index contributed by atoms with van der Waals surface area (Å²) in [7, 11) is 0. The van der Waals surface area contributed by atoms with E-state index < -0.39 is 23.3 Å². The summed E-state index contributed by atoms with van der Waals surface area (Å²) in [5.41, 5.74) is -2.33. The van der Waals surface area contributed by atoms with Crippen LogP contribution in [-0.4, -0.2) is 4.98 Å². The predicted octanol–water partition coefficient (Wildman–Crippen LogP) is 2.11. The van der Waals surface area contributed by atoms with Crippen LogP contribution in [0.4, 0.5) is 17.6 Å². The fourth-order valence-electron chi connectivity index (χ4n) is 0.728. The van der Waals surface area contributed by atoms with Gasteiger partial charge in [0.1, 0.15) is 6.07 Å². The van der Waals surface area contributed by atoms with Gasteiger partial charge in [0.05, 0.1) is 5.56 Å².